The molecule has 8 unspecified atom stereocenters. The van der Waals surface area contributed by atoms with Gasteiger partial charge in [0.15, 0.2) is 0 Å². The second-order valence-corrected chi connectivity index (χ2v) is 30.9. The van der Waals surface area contributed by atoms with Crippen LogP contribution in [0.4, 0.5) is 105 Å². The maximum atomic E-state index is 14.6. The normalized spacial score (nSPS) is 19.6. The molecular formula is C90H92F24O8. The molecule has 0 bridgehead atoms. The Balaban J connectivity index is 0.000000185. The quantitative estimate of drug-likeness (QED) is 0.0392. The predicted molar refractivity (Wildman–Crippen MR) is 402 cm³/mol. The Bertz CT molecular complexity index is 4670. The lowest BCUT2D eigenvalue weighted by Gasteiger charge is -2.30. The number of hydrogen-bond acceptors (Lipinski definition) is 8. The smallest absolute Gasteiger partial charge is 0.429 e. The van der Waals surface area contributed by atoms with E-state index in [0.717, 1.165) is 166 Å². The Morgan fingerprint density at radius 3 is 0.648 bits per heavy atom. The SMILES string of the molecule is CCC1CCC(c2cc(F)c(C(F)(F)Oc3cc(F)c(C)c(F)c3)c(F)c2)OC1.CCCC1CCC(c2cc(F)c(C(F)(F)Oc3cc(F)c(C)c(F)c3)c(F)c2)OC1.CCCCC1CCC(c2cc(F)c(C(F)(F)Oc3cc(F)c(C)c(F)c3)c(F)c2)OC1.CCCCCC1CCC(c2cc(F)c(C(F)(F)Oc3cc(F)c(C)c(F)c3)c(F)c2)OC1. The van der Waals surface area contributed by atoms with Crippen molar-refractivity contribution in [3.8, 4) is 23.0 Å². The van der Waals surface area contributed by atoms with Gasteiger partial charge in [0.2, 0.25) is 0 Å². The molecule has 8 aromatic carbocycles. The van der Waals surface area contributed by atoms with E-state index in [0.29, 0.717) is 124 Å². The van der Waals surface area contributed by atoms with Gasteiger partial charge in [-0.1, -0.05) is 72.6 Å². The summed E-state index contributed by atoms with van der Waals surface area (Å²) in [5.74, 6) is -23.2. The average Bonchev–Trinajstić information content (AvgIpc) is 0.790. The molecular weight excluding hydrogens is 1660 g/mol. The molecule has 32 heteroatoms. The van der Waals surface area contributed by atoms with Gasteiger partial charge < -0.3 is 37.9 Å². The summed E-state index contributed by atoms with van der Waals surface area (Å²) >= 11 is 0. The van der Waals surface area contributed by atoms with Gasteiger partial charge in [0.25, 0.3) is 0 Å². The zero-order valence-electron chi connectivity index (χ0n) is 67.7. The highest BCUT2D eigenvalue weighted by molar-refractivity contribution is 5.39. The summed E-state index contributed by atoms with van der Waals surface area (Å²) < 4.78 is 380. The number of halogens is 24. The van der Waals surface area contributed by atoms with Crippen molar-refractivity contribution in [2.24, 2.45) is 23.7 Å². The summed E-state index contributed by atoms with van der Waals surface area (Å²) in [5.41, 5.74) is -7.60. The maximum absolute atomic E-state index is 14.6. The van der Waals surface area contributed by atoms with Gasteiger partial charge in [-0.15, -0.1) is 0 Å². The summed E-state index contributed by atoms with van der Waals surface area (Å²) in [4.78, 5) is 0. The first-order valence-electron chi connectivity index (χ1n) is 40.0. The molecule has 0 saturated carbocycles. The first-order chi connectivity index (χ1) is 57.5. The van der Waals surface area contributed by atoms with E-state index < -0.39 is 187 Å². The predicted octanol–water partition coefficient (Wildman–Crippen LogP) is 28.6. The standard InChI is InChI=1S/C24H26F6O2.C23H24F6O2.C22H22F6O2.C21H20F6O2/c1-3-4-5-6-15-7-8-22(31-13-15)16-9-20(27)23(21(28)10-16)24(29,30)32-17-11-18(25)14(2)19(26)12-17;1-3-4-5-14-6-7-21(30-12-14)15-8-19(26)22(20(27)9-15)23(28,29)31-16-10-17(24)13(2)18(25)11-16;1-3-4-13-5-6-20(29-11-13)14-7-18(25)21(19(26)8-14)22(27,28)30-15-9-16(23)12(2)17(24)10-15;1-3-12-4-5-19(28-10-12)13-6-17(24)20(18(25)7-13)21(26,27)29-14-8-15(22)11(2)16(23)9-14/h9-12,15,22H,3-8,13H2,1-2H3;8-11,14,21H,3-7,12H2,1-2H3;7-10,13,20H,3-6,11H2,1-2H3;6-9,12,19H,3-5,10H2,1-2H3. The van der Waals surface area contributed by atoms with Crippen molar-refractivity contribution in [2.75, 3.05) is 26.4 Å². The molecule has 8 aromatic rings. The Kier molecular flexibility index (Phi) is 33.5. The highest BCUT2D eigenvalue weighted by Crippen LogP contribution is 2.46. The van der Waals surface area contributed by atoms with Gasteiger partial charge in [0.1, 0.15) is 138 Å². The molecule has 4 aliphatic rings. The zero-order valence-corrected chi connectivity index (χ0v) is 67.7. The Labute approximate surface area is 690 Å². The van der Waals surface area contributed by atoms with Crippen LogP contribution in [0.25, 0.3) is 0 Å². The van der Waals surface area contributed by atoms with Crippen LogP contribution in [-0.2, 0) is 43.4 Å². The lowest BCUT2D eigenvalue weighted by atomic mass is 9.90. The third kappa shape index (κ3) is 24.8. The van der Waals surface area contributed by atoms with E-state index in [1.54, 1.807) is 0 Å². The summed E-state index contributed by atoms with van der Waals surface area (Å²) in [7, 11) is 0. The lowest BCUT2D eigenvalue weighted by molar-refractivity contribution is -0.190. The summed E-state index contributed by atoms with van der Waals surface area (Å²) in [5, 5.41) is 0. The van der Waals surface area contributed by atoms with E-state index in [9.17, 15) is 105 Å². The molecule has 0 aliphatic carbocycles. The molecule has 122 heavy (non-hydrogen) atoms. The topological polar surface area (TPSA) is 73.8 Å². The van der Waals surface area contributed by atoms with Crippen LogP contribution in [0.1, 0.15) is 234 Å². The third-order valence-electron chi connectivity index (χ3n) is 21.8. The molecule has 4 fully saturated rings. The van der Waals surface area contributed by atoms with Crippen molar-refractivity contribution in [1.82, 2.24) is 0 Å². The molecule has 0 radical (unpaired) electrons. The monoisotopic (exact) mass is 1760 g/mol. The number of benzene rings is 8. The summed E-state index contributed by atoms with van der Waals surface area (Å²) in [6, 6.07) is 10.5. The van der Waals surface area contributed by atoms with Gasteiger partial charge in [0.05, 0.1) is 50.8 Å². The molecule has 8 nitrogen and oxygen atoms in total. The van der Waals surface area contributed by atoms with Crippen molar-refractivity contribution in [3.05, 3.63) is 257 Å². The van der Waals surface area contributed by atoms with E-state index in [2.05, 4.69) is 39.7 Å². The van der Waals surface area contributed by atoms with Crippen LogP contribution in [0.5, 0.6) is 23.0 Å². The highest BCUT2D eigenvalue weighted by Gasteiger charge is 2.47. The zero-order chi connectivity index (χ0) is 89.6. The molecule has 0 spiro atoms. The van der Waals surface area contributed by atoms with E-state index >= 15 is 0 Å². The molecule has 8 atom stereocenters. The van der Waals surface area contributed by atoms with Gasteiger partial charge in [-0.3, -0.25) is 0 Å². The van der Waals surface area contributed by atoms with Gasteiger partial charge in [-0.05, 0) is 193 Å². The van der Waals surface area contributed by atoms with Crippen molar-refractivity contribution in [2.45, 2.75) is 220 Å². The van der Waals surface area contributed by atoms with Gasteiger partial charge in [-0.2, -0.15) is 35.1 Å². The number of alkyl halides is 8. The van der Waals surface area contributed by atoms with Crippen LogP contribution in [-0.4, -0.2) is 26.4 Å². The molecule has 12 rings (SSSR count). The fourth-order valence-electron chi connectivity index (χ4n) is 14.6. The molecule has 4 heterocycles. The largest absolute Gasteiger partial charge is 0.432 e. The number of unbranched alkanes of at least 4 members (excludes halogenated alkanes) is 3. The maximum Gasteiger partial charge on any atom is 0.432 e. The van der Waals surface area contributed by atoms with Crippen molar-refractivity contribution in [1.29, 1.82) is 0 Å². The highest BCUT2D eigenvalue weighted by atomic mass is 19.3. The first-order valence-corrected chi connectivity index (χ1v) is 40.0. The van der Waals surface area contributed by atoms with Crippen LogP contribution in [0.3, 0.4) is 0 Å². The fraction of sp³-hybridized carbons (Fsp3) is 0.467. The van der Waals surface area contributed by atoms with Gasteiger partial charge >= 0.3 is 24.4 Å². The number of hydrogen-bond donors (Lipinski definition) is 0. The fourth-order valence-corrected chi connectivity index (χ4v) is 14.6. The van der Waals surface area contributed by atoms with E-state index in [1.165, 1.54) is 0 Å². The van der Waals surface area contributed by atoms with E-state index in [-0.39, 0.29) is 44.5 Å². The van der Waals surface area contributed by atoms with Crippen LogP contribution in [0.2, 0.25) is 0 Å². The molecule has 0 aromatic heterocycles. The second kappa shape index (κ2) is 42.2. The van der Waals surface area contributed by atoms with E-state index in [1.807, 2.05) is 6.92 Å². The van der Waals surface area contributed by atoms with Crippen LogP contribution in [0.15, 0.2) is 97.1 Å². The first kappa shape index (κ1) is 96.9. The van der Waals surface area contributed by atoms with Crippen LogP contribution in [0, 0.1) is 144 Å². The molecule has 4 aliphatic heterocycles. The molecule has 0 amide bonds. The van der Waals surface area contributed by atoms with Gasteiger partial charge in [0, 0.05) is 70.8 Å². The van der Waals surface area contributed by atoms with E-state index in [4.69, 9.17) is 18.9 Å². The average molecular weight is 1760 g/mol. The molecule has 668 valence electrons. The Morgan fingerprint density at radius 1 is 0.254 bits per heavy atom. The minimum Gasteiger partial charge on any atom is -0.429 e. The van der Waals surface area contributed by atoms with Crippen molar-refractivity contribution >= 4 is 0 Å². The van der Waals surface area contributed by atoms with Gasteiger partial charge in [-0.25, -0.2) is 70.2 Å². The minimum absolute atomic E-state index is 0.113. The summed E-state index contributed by atoms with van der Waals surface area (Å²) in [6.07, 6.45) is -4.54. The minimum atomic E-state index is -4.49. The van der Waals surface area contributed by atoms with Crippen LogP contribution < -0.4 is 18.9 Å². The van der Waals surface area contributed by atoms with Crippen LogP contribution >= 0.6 is 0 Å². The Morgan fingerprint density at radius 2 is 0.459 bits per heavy atom. The lowest BCUT2D eigenvalue weighted by Crippen LogP contribution is -2.26. The third-order valence-corrected chi connectivity index (χ3v) is 21.8. The second-order valence-electron chi connectivity index (χ2n) is 30.9. The number of ether oxygens (including phenoxy) is 8. The van der Waals surface area contributed by atoms with Crippen molar-refractivity contribution < 1.29 is 143 Å². The molecule has 4 saturated heterocycles. The number of rotatable bonds is 26. The molecule has 0 N–H and O–H groups in total. The van der Waals surface area contributed by atoms with Crippen molar-refractivity contribution in [3.63, 3.8) is 0 Å². The Hall–Kier alpha value is -8.88. The summed E-state index contributed by atoms with van der Waals surface area (Å²) in [6.45, 7) is 14.5.